The van der Waals surface area contributed by atoms with E-state index in [-0.39, 0.29) is 12.5 Å². The maximum Gasteiger partial charge on any atom is 0.217 e. The predicted octanol–water partition coefficient (Wildman–Crippen LogP) is 2.86. The summed E-state index contributed by atoms with van der Waals surface area (Å²) in [4.78, 5) is 4.35. The summed E-state index contributed by atoms with van der Waals surface area (Å²) < 4.78 is 0.584. The van der Waals surface area contributed by atoms with Gasteiger partial charge in [0, 0.05) is 12.5 Å². The molecule has 1 aromatic heterocycles. The maximum atomic E-state index is 8.88. The van der Waals surface area contributed by atoms with Crippen molar-refractivity contribution < 1.29 is 5.11 Å². The van der Waals surface area contributed by atoms with E-state index in [1.54, 1.807) is 0 Å². The van der Waals surface area contributed by atoms with Crippen LogP contribution in [-0.4, -0.2) is 26.9 Å². The van der Waals surface area contributed by atoms with E-state index in [0.29, 0.717) is 4.73 Å². The highest BCUT2D eigenvalue weighted by molar-refractivity contribution is 9.10. The van der Waals surface area contributed by atoms with Crippen LogP contribution in [0.15, 0.2) is 35.1 Å². The molecule has 0 aliphatic carbocycles. The van der Waals surface area contributed by atoms with Crippen LogP contribution in [0.25, 0.3) is 0 Å². The smallest absolute Gasteiger partial charge is 0.217 e. The van der Waals surface area contributed by atoms with Crippen LogP contribution in [0.1, 0.15) is 36.6 Å². The Hall–Kier alpha value is -1.20. The topological polar surface area (TPSA) is 61.8 Å². The van der Waals surface area contributed by atoms with Gasteiger partial charge in [0.25, 0.3) is 0 Å². The normalized spacial score (nSPS) is 12.6. The van der Waals surface area contributed by atoms with Crippen LogP contribution in [0.2, 0.25) is 0 Å². The van der Waals surface area contributed by atoms with Gasteiger partial charge in [-0.3, -0.25) is 5.10 Å². The molecule has 0 saturated carbocycles. The van der Waals surface area contributed by atoms with E-state index in [4.69, 9.17) is 5.11 Å². The zero-order valence-electron chi connectivity index (χ0n) is 10.0. The second-order valence-corrected chi connectivity index (χ2v) is 4.88. The number of aromatic amines is 1. The minimum absolute atomic E-state index is 0.205. The lowest BCUT2D eigenvalue weighted by Crippen LogP contribution is -2.04. The van der Waals surface area contributed by atoms with E-state index in [2.05, 4.69) is 43.2 Å². The third kappa shape index (κ3) is 3.40. The molecule has 2 rings (SSSR count). The molecule has 18 heavy (non-hydrogen) atoms. The summed E-state index contributed by atoms with van der Waals surface area (Å²) in [6, 6.07) is 10.3. The summed E-state index contributed by atoms with van der Waals surface area (Å²) in [6.07, 6.45) is 2.74. The van der Waals surface area contributed by atoms with Gasteiger partial charge in [-0.1, -0.05) is 36.8 Å². The summed E-state index contributed by atoms with van der Waals surface area (Å²) in [7, 11) is 0. The molecule has 0 aliphatic rings. The molecule has 0 radical (unpaired) electrons. The van der Waals surface area contributed by atoms with Gasteiger partial charge < -0.3 is 5.11 Å². The highest BCUT2D eigenvalue weighted by atomic mass is 79.9. The highest BCUT2D eigenvalue weighted by Crippen LogP contribution is 2.27. The molecule has 0 fully saturated rings. The Labute approximate surface area is 115 Å². The van der Waals surface area contributed by atoms with Crippen molar-refractivity contribution in [3.63, 3.8) is 0 Å². The Bertz CT molecular complexity index is 472. The third-order valence-electron chi connectivity index (χ3n) is 2.91. The van der Waals surface area contributed by atoms with E-state index in [1.165, 1.54) is 5.56 Å². The first-order chi connectivity index (χ1) is 8.81. The third-order valence-corrected chi connectivity index (χ3v) is 3.26. The van der Waals surface area contributed by atoms with Crippen LogP contribution in [0.4, 0.5) is 0 Å². The van der Waals surface area contributed by atoms with Gasteiger partial charge in [-0.05, 0) is 34.3 Å². The van der Waals surface area contributed by atoms with Crippen molar-refractivity contribution in [2.24, 2.45) is 0 Å². The minimum Gasteiger partial charge on any atom is -0.396 e. The van der Waals surface area contributed by atoms with E-state index in [1.807, 2.05) is 18.2 Å². The van der Waals surface area contributed by atoms with Crippen LogP contribution in [-0.2, 0) is 0 Å². The highest BCUT2D eigenvalue weighted by Gasteiger charge is 2.17. The van der Waals surface area contributed by atoms with Crippen molar-refractivity contribution in [1.82, 2.24) is 15.2 Å². The molecule has 1 heterocycles. The molecule has 2 aromatic rings. The summed E-state index contributed by atoms with van der Waals surface area (Å²) in [5.74, 6) is 1.07. The van der Waals surface area contributed by atoms with Gasteiger partial charge in [-0.25, -0.2) is 4.98 Å². The maximum absolute atomic E-state index is 8.88. The monoisotopic (exact) mass is 309 g/mol. The molecule has 2 N–H and O–H groups in total. The first kappa shape index (κ1) is 13.2. The van der Waals surface area contributed by atoms with E-state index in [9.17, 15) is 0 Å². The largest absolute Gasteiger partial charge is 0.396 e. The number of nitrogens with zero attached hydrogens (tertiary/aromatic N) is 2. The standard InChI is InChI=1S/C13H16BrN3O/c14-13-15-12(16-17-13)11(8-4-5-9-18)10-6-2-1-3-7-10/h1-3,6-7,11,18H,4-5,8-9H2,(H,15,16,17). The Balaban J connectivity index is 2.18. The predicted molar refractivity (Wildman–Crippen MR) is 73.3 cm³/mol. The average molecular weight is 310 g/mol. The first-order valence-electron chi connectivity index (χ1n) is 6.05. The van der Waals surface area contributed by atoms with Crippen LogP contribution in [0, 0.1) is 0 Å². The van der Waals surface area contributed by atoms with Crippen molar-refractivity contribution in [2.45, 2.75) is 25.2 Å². The Morgan fingerprint density at radius 1 is 1.22 bits per heavy atom. The molecule has 1 atom stereocenters. The van der Waals surface area contributed by atoms with Gasteiger partial charge in [0.1, 0.15) is 5.82 Å². The number of unbranched alkanes of at least 4 members (excludes halogenated alkanes) is 1. The van der Waals surface area contributed by atoms with Crippen molar-refractivity contribution in [3.8, 4) is 0 Å². The fraction of sp³-hybridized carbons (Fsp3) is 0.385. The molecule has 1 unspecified atom stereocenters. The number of benzene rings is 1. The lowest BCUT2D eigenvalue weighted by molar-refractivity contribution is 0.282. The van der Waals surface area contributed by atoms with Gasteiger partial charge in [0.2, 0.25) is 4.73 Å². The Morgan fingerprint density at radius 2 is 2.00 bits per heavy atom. The second kappa shape index (κ2) is 6.66. The van der Waals surface area contributed by atoms with E-state index < -0.39 is 0 Å². The van der Waals surface area contributed by atoms with Crippen LogP contribution < -0.4 is 0 Å². The minimum atomic E-state index is 0.205. The molecular weight excluding hydrogens is 294 g/mol. The number of nitrogens with one attached hydrogen (secondary N) is 1. The van der Waals surface area contributed by atoms with Gasteiger partial charge in [0.05, 0.1) is 0 Å². The molecule has 0 bridgehead atoms. The number of aromatic nitrogens is 3. The fourth-order valence-corrected chi connectivity index (χ4v) is 2.30. The van der Waals surface area contributed by atoms with Crippen molar-refractivity contribution in [3.05, 3.63) is 46.5 Å². The summed E-state index contributed by atoms with van der Waals surface area (Å²) in [5.41, 5.74) is 1.22. The number of rotatable bonds is 6. The Kier molecular flexibility index (Phi) is 4.90. The van der Waals surface area contributed by atoms with Crippen LogP contribution >= 0.6 is 15.9 Å². The zero-order valence-corrected chi connectivity index (χ0v) is 11.6. The second-order valence-electron chi connectivity index (χ2n) is 4.17. The lowest BCUT2D eigenvalue weighted by atomic mass is 9.93. The number of hydrogen-bond acceptors (Lipinski definition) is 3. The van der Waals surface area contributed by atoms with Gasteiger partial charge in [0.15, 0.2) is 0 Å². The first-order valence-corrected chi connectivity index (χ1v) is 6.84. The summed E-state index contributed by atoms with van der Waals surface area (Å²) >= 11 is 3.26. The average Bonchev–Trinajstić information content (AvgIpc) is 2.82. The van der Waals surface area contributed by atoms with Gasteiger partial charge in [-0.2, -0.15) is 0 Å². The number of aliphatic hydroxyl groups is 1. The van der Waals surface area contributed by atoms with Crippen molar-refractivity contribution in [1.29, 1.82) is 0 Å². The zero-order chi connectivity index (χ0) is 12.8. The number of H-pyrrole nitrogens is 1. The molecule has 0 amide bonds. The molecule has 4 nitrogen and oxygen atoms in total. The van der Waals surface area contributed by atoms with Gasteiger partial charge >= 0.3 is 0 Å². The molecule has 1 aromatic carbocycles. The van der Waals surface area contributed by atoms with Crippen LogP contribution in [0.5, 0.6) is 0 Å². The Morgan fingerprint density at radius 3 is 2.61 bits per heavy atom. The molecule has 0 aliphatic heterocycles. The molecular formula is C13H16BrN3O. The quantitative estimate of drug-likeness (QED) is 0.807. The molecule has 0 spiro atoms. The van der Waals surface area contributed by atoms with Crippen molar-refractivity contribution in [2.75, 3.05) is 6.61 Å². The molecule has 96 valence electrons. The molecule has 5 heteroatoms. The number of halogens is 1. The van der Waals surface area contributed by atoms with Gasteiger partial charge in [-0.15, -0.1) is 5.10 Å². The van der Waals surface area contributed by atoms with Crippen LogP contribution in [0.3, 0.4) is 0 Å². The fourth-order valence-electron chi connectivity index (χ4n) is 2.02. The summed E-state index contributed by atoms with van der Waals surface area (Å²) in [6.45, 7) is 0.238. The lowest BCUT2D eigenvalue weighted by Gasteiger charge is -2.14. The molecule has 0 saturated heterocycles. The van der Waals surface area contributed by atoms with E-state index in [0.717, 1.165) is 25.1 Å². The number of aliphatic hydroxyl groups excluding tert-OH is 1. The summed E-state index contributed by atoms with van der Waals surface area (Å²) in [5, 5.41) is 15.9. The number of hydrogen-bond donors (Lipinski definition) is 2. The van der Waals surface area contributed by atoms with E-state index >= 15 is 0 Å². The SMILES string of the molecule is OCCCCC(c1ccccc1)c1nc(Br)n[nH]1. The van der Waals surface area contributed by atoms with Crippen molar-refractivity contribution >= 4 is 15.9 Å².